The van der Waals surface area contributed by atoms with Gasteiger partial charge in [0, 0.05) is 76.7 Å². The van der Waals surface area contributed by atoms with Crippen molar-refractivity contribution in [2.75, 3.05) is 58.3 Å². The molecule has 2 fully saturated rings. The van der Waals surface area contributed by atoms with Crippen LogP contribution in [0.2, 0.25) is 0 Å². The number of piperazine rings is 1. The van der Waals surface area contributed by atoms with Gasteiger partial charge in [0.05, 0.1) is 0 Å². The fourth-order valence-electron chi connectivity index (χ4n) is 4.14. The molecule has 0 atom stereocenters. The van der Waals surface area contributed by atoms with Crippen molar-refractivity contribution < 1.29 is 4.79 Å². The zero-order valence-corrected chi connectivity index (χ0v) is 16.8. The summed E-state index contributed by atoms with van der Waals surface area (Å²) in [6.45, 7) is 11.0. The number of hydrogen-bond acceptors (Lipinski definition) is 4. The third kappa shape index (κ3) is 4.38. The van der Waals surface area contributed by atoms with Crippen LogP contribution in [0.3, 0.4) is 0 Å². The van der Waals surface area contributed by atoms with Crippen LogP contribution in [-0.2, 0) is 0 Å². The number of likely N-dealkylation sites (tertiary alicyclic amines) is 1. The number of rotatable bonds is 4. The van der Waals surface area contributed by atoms with Gasteiger partial charge >= 0.3 is 0 Å². The van der Waals surface area contributed by atoms with E-state index in [1.165, 1.54) is 26.2 Å². The van der Waals surface area contributed by atoms with Gasteiger partial charge in [0.25, 0.3) is 5.91 Å². The van der Waals surface area contributed by atoms with Crippen LogP contribution in [0.4, 0.5) is 5.69 Å². The van der Waals surface area contributed by atoms with Crippen molar-refractivity contribution in [3.63, 3.8) is 0 Å². The number of piperidine rings is 1. The van der Waals surface area contributed by atoms with Crippen LogP contribution >= 0.6 is 0 Å². The number of benzene rings is 1. The molecule has 5 heteroatoms. The number of carbonyl (C=O) groups is 1. The van der Waals surface area contributed by atoms with Gasteiger partial charge in [0.2, 0.25) is 0 Å². The minimum absolute atomic E-state index is 0.179. The minimum Gasteiger partial charge on any atom is -0.378 e. The molecule has 0 aliphatic carbocycles. The molecule has 1 aromatic carbocycles. The Labute approximate surface area is 158 Å². The highest BCUT2D eigenvalue weighted by atomic mass is 16.2. The van der Waals surface area contributed by atoms with E-state index in [2.05, 4.69) is 28.5 Å². The summed E-state index contributed by atoms with van der Waals surface area (Å²) in [5, 5.41) is 0. The Kier molecular flexibility index (Phi) is 6.20. The first-order chi connectivity index (χ1) is 12.5. The molecule has 0 aromatic heterocycles. The van der Waals surface area contributed by atoms with Gasteiger partial charge in [-0.1, -0.05) is 0 Å². The molecule has 0 spiro atoms. The average Bonchev–Trinajstić information content (AvgIpc) is 2.67. The summed E-state index contributed by atoms with van der Waals surface area (Å²) in [5.74, 6) is 0.179. The first-order valence-corrected chi connectivity index (χ1v) is 10.0. The Hall–Kier alpha value is -1.59. The van der Waals surface area contributed by atoms with Crippen molar-refractivity contribution in [1.82, 2.24) is 14.7 Å². The molecule has 0 saturated carbocycles. The summed E-state index contributed by atoms with van der Waals surface area (Å²) < 4.78 is 0. The Balaban J connectivity index is 1.49. The van der Waals surface area contributed by atoms with Gasteiger partial charge in [-0.25, -0.2) is 0 Å². The molecule has 2 saturated heterocycles. The van der Waals surface area contributed by atoms with Gasteiger partial charge in [-0.15, -0.1) is 0 Å². The van der Waals surface area contributed by atoms with Crippen molar-refractivity contribution in [2.24, 2.45) is 0 Å². The summed E-state index contributed by atoms with van der Waals surface area (Å²) in [6.07, 6.45) is 2.20. The maximum Gasteiger partial charge on any atom is 0.253 e. The SMILES string of the molecule is CC(C)N1CCN(C2CCN(C(=O)c3ccc(N(C)C)cc3)CC2)CC1. The highest BCUT2D eigenvalue weighted by Gasteiger charge is 2.29. The van der Waals surface area contributed by atoms with Crippen molar-refractivity contribution in [1.29, 1.82) is 0 Å². The fraction of sp³-hybridized carbons (Fsp3) is 0.667. The monoisotopic (exact) mass is 358 g/mol. The van der Waals surface area contributed by atoms with Crippen LogP contribution in [0.5, 0.6) is 0 Å². The summed E-state index contributed by atoms with van der Waals surface area (Å²) in [4.78, 5) is 22.1. The summed E-state index contributed by atoms with van der Waals surface area (Å²) in [6, 6.07) is 9.24. The van der Waals surface area contributed by atoms with E-state index in [4.69, 9.17) is 0 Å². The lowest BCUT2D eigenvalue weighted by Gasteiger charge is -2.43. The van der Waals surface area contributed by atoms with E-state index in [1.807, 2.05) is 43.3 Å². The predicted octanol–water partition coefficient (Wildman–Crippen LogP) is 2.38. The largest absolute Gasteiger partial charge is 0.378 e. The smallest absolute Gasteiger partial charge is 0.253 e. The van der Waals surface area contributed by atoms with E-state index < -0.39 is 0 Å². The van der Waals surface area contributed by atoms with Crippen LogP contribution in [0.1, 0.15) is 37.0 Å². The molecule has 1 aromatic rings. The van der Waals surface area contributed by atoms with Gasteiger partial charge in [0.1, 0.15) is 0 Å². The number of anilines is 1. The van der Waals surface area contributed by atoms with E-state index in [9.17, 15) is 4.79 Å². The van der Waals surface area contributed by atoms with Crippen LogP contribution in [0.15, 0.2) is 24.3 Å². The molecule has 3 rings (SSSR count). The molecule has 2 heterocycles. The minimum atomic E-state index is 0.179. The highest BCUT2D eigenvalue weighted by Crippen LogP contribution is 2.21. The molecule has 2 aliphatic rings. The number of amides is 1. The van der Waals surface area contributed by atoms with Crippen LogP contribution in [-0.4, -0.2) is 86.1 Å². The molecule has 0 radical (unpaired) electrons. The number of carbonyl (C=O) groups excluding carboxylic acids is 1. The predicted molar refractivity (Wildman–Crippen MR) is 108 cm³/mol. The second kappa shape index (κ2) is 8.40. The average molecular weight is 359 g/mol. The lowest BCUT2D eigenvalue weighted by Crippen LogP contribution is -2.54. The van der Waals surface area contributed by atoms with Gasteiger partial charge in [0.15, 0.2) is 0 Å². The Morgan fingerprint density at radius 2 is 1.54 bits per heavy atom. The third-order valence-electron chi connectivity index (χ3n) is 5.98. The second-order valence-corrected chi connectivity index (χ2v) is 8.13. The molecule has 26 heavy (non-hydrogen) atoms. The van der Waals surface area contributed by atoms with Crippen molar-refractivity contribution in [2.45, 2.75) is 38.8 Å². The molecular weight excluding hydrogens is 324 g/mol. The molecule has 2 aliphatic heterocycles. The number of hydrogen-bond donors (Lipinski definition) is 0. The summed E-state index contributed by atoms with van der Waals surface area (Å²) >= 11 is 0. The van der Waals surface area contributed by atoms with Crippen molar-refractivity contribution in [3.05, 3.63) is 29.8 Å². The highest BCUT2D eigenvalue weighted by molar-refractivity contribution is 5.94. The first-order valence-electron chi connectivity index (χ1n) is 10.0. The van der Waals surface area contributed by atoms with Crippen molar-refractivity contribution >= 4 is 11.6 Å². The van der Waals surface area contributed by atoms with Gasteiger partial charge in [-0.05, 0) is 51.0 Å². The molecule has 0 unspecified atom stereocenters. The zero-order chi connectivity index (χ0) is 18.7. The molecule has 0 N–H and O–H groups in total. The fourth-order valence-corrected chi connectivity index (χ4v) is 4.14. The first kappa shape index (κ1) is 19.2. The van der Waals surface area contributed by atoms with Gasteiger partial charge in [-0.2, -0.15) is 0 Å². The maximum atomic E-state index is 12.8. The van der Waals surface area contributed by atoms with Crippen LogP contribution < -0.4 is 4.90 Å². The Bertz CT molecular complexity index is 583. The second-order valence-electron chi connectivity index (χ2n) is 8.13. The lowest BCUT2D eigenvalue weighted by atomic mass is 10.0. The van der Waals surface area contributed by atoms with Gasteiger partial charge in [-0.3, -0.25) is 14.6 Å². The quantitative estimate of drug-likeness (QED) is 0.827. The molecule has 144 valence electrons. The standard InChI is InChI=1S/C21H34N4O/c1-17(2)23-13-15-24(16-14-23)20-9-11-25(12-10-20)21(26)18-5-7-19(8-6-18)22(3)4/h5-8,17,20H,9-16H2,1-4H3. The molecule has 5 nitrogen and oxygen atoms in total. The van der Waals surface area contributed by atoms with Gasteiger partial charge < -0.3 is 9.80 Å². The van der Waals surface area contributed by atoms with Crippen LogP contribution in [0, 0.1) is 0 Å². The van der Waals surface area contributed by atoms with Crippen LogP contribution in [0.25, 0.3) is 0 Å². The van der Waals surface area contributed by atoms with E-state index in [0.29, 0.717) is 12.1 Å². The zero-order valence-electron chi connectivity index (χ0n) is 16.8. The Morgan fingerprint density at radius 3 is 2.04 bits per heavy atom. The van der Waals surface area contributed by atoms with E-state index >= 15 is 0 Å². The molecule has 1 amide bonds. The normalized spacial score (nSPS) is 20.6. The van der Waals surface area contributed by atoms with E-state index in [0.717, 1.165) is 37.2 Å². The maximum absolute atomic E-state index is 12.8. The van der Waals surface area contributed by atoms with E-state index in [1.54, 1.807) is 0 Å². The lowest BCUT2D eigenvalue weighted by molar-refractivity contribution is 0.0420. The summed E-state index contributed by atoms with van der Waals surface area (Å²) in [7, 11) is 4.03. The number of nitrogens with zero attached hydrogens (tertiary/aromatic N) is 4. The third-order valence-corrected chi connectivity index (χ3v) is 5.98. The molecular formula is C21H34N4O. The van der Waals surface area contributed by atoms with E-state index in [-0.39, 0.29) is 5.91 Å². The summed E-state index contributed by atoms with van der Waals surface area (Å²) in [5.41, 5.74) is 1.93. The molecule has 0 bridgehead atoms. The van der Waals surface area contributed by atoms with Crippen molar-refractivity contribution in [3.8, 4) is 0 Å². The Morgan fingerprint density at radius 1 is 0.962 bits per heavy atom. The topological polar surface area (TPSA) is 30.0 Å².